The Bertz CT molecular complexity index is 1380. The fourth-order valence-electron chi connectivity index (χ4n) is 3.16. The molecule has 0 N–H and O–H groups in total. The first-order chi connectivity index (χ1) is 14.9. The van der Waals surface area contributed by atoms with Gasteiger partial charge in [0.2, 0.25) is 0 Å². The molecule has 4 aromatic rings. The Morgan fingerprint density at radius 2 is 1.48 bits per heavy atom. The van der Waals surface area contributed by atoms with Gasteiger partial charge in [-0.2, -0.15) is 0 Å². The van der Waals surface area contributed by atoms with E-state index in [0.29, 0.717) is 16.9 Å². The van der Waals surface area contributed by atoms with Crippen molar-refractivity contribution in [2.24, 2.45) is 0 Å². The third kappa shape index (κ3) is 3.95. The van der Waals surface area contributed by atoms with E-state index in [1.807, 2.05) is 0 Å². The molecule has 4 aromatic carbocycles. The molecule has 0 aliphatic rings. The largest absolute Gasteiger partial charge is 0.497 e. The average molecular weight is 424 g/mol. The van der Waals surface area contributed by atoms with E-state index in [0.717, 1.165) is 6.07 Å². The summed E-state index contributed by atoms with van der Waals surface area (Å²) >= 11 is 0. The maximum atomic E-state index is 14.5. The third-order valence-electron chi connectivity index (χ3n) is 4.77. The van der Waals surface area contributed by atoms with Gasteiger partial charge in [0.1, 0.15) is 17.4 Å². The standard InChI is InChI=1S/C25H13F5O/c1-31-18-7-9-19(22(27)13-18)16-6-5-15(21(26)11-16)4-2-14-3-8-20-17(10-14)12-23(28)25(30)24(20)29/h3,5-13H,1H3. The molecule has 0 aliphatic heterocycles. The normalized spacial score (nSPS) is 10.6. The smallest absolute Gasteiger partial charge is 0.195 e. The average Bonchev–Trinajstić information content (AvgIpc) is 2.76. The summed E-state index contributed by atoms with van der Waals surface area (Å²) in [6.45, 7) is 0. The number of methoxy groups -OCH3 is 1. The molecule has 0 aromatic heterocycles. The minimum absolute atomic E-state index is 0.0641. The van der Waals surface area contributed by atoms with Gasteiger partial charge >= 0.3 is 0 Å². The summed E-state index contributed by atoms with van der Waals surface area (Å²) in [6, 6.07) is 13.3. The molecule has 0 spiro atoms. The van der Waals surface area contributed by atoms with Crippen molar-refractivity contribution in [3.63, 3.8) is 0 Å². The molecule has 31 heavy (non-hydrogen) atoms. The summed E-state index contributed by atoms with van der Waals surface area (Å²) in [5.41, 5.74) is 0.976. The zero-order valence-electron chi connectivity index (χ0n) is 16.1. The van der Waals surface area contributed by atoms with Gasteiger partial charge in [0.15, 0.2) is 17.5 Å². The lowest BCUT2D eigenvalue weighted by molar-refractivity contribution is 0.411. The molecular weight excluding hydrogens is 411 g/mol. The summed E-state index contributed by atoms with van der Waals surface area (Å²) in [6.07, 6.45) is 0. The second kappa shape index (κ2) is 8.11. The molecule has 0 saturated carbocycles. The molecule has 0 atom stereocenters. The van der Waals surface area contributed by atoms with Crippen LogP contribution in [0.5, 0.6) is 5.75 Å². The Balaban J connectivity index is 1.66. The highest BCUT2D eigenvalue weighted by Gasteiger charge is 2.13. The molecule has 0 heterocycles. The van der Waals surface area contributed by atoms with Gasteiger partial charge in [0, 0.05) is 22.6 Å². The van der Waals surface area contributed by atoms with Crippen molar-refractivity contribution in [2.75, 3.05) is 7.11 Å². The van der Waals surface area contributed by atoms with Crippen LogP contribution < -0.4 is 4.74 Å². The fourth-order valence-corrected chi connectivity index (χ4v) is 3.16. The van der Waals surface area contributed by atoms with Crippen molar-refractivity contribution in [3.05, 3.63) is 101 Å². The molecular formula is C25H13F5O. The van der Waals surface area contributed by atoms with E-state index in [2.05, 4.69) is 11.8 Å². The highest BCUT2D eigenvalue weighted by Crippen LogP contribution is 2.28. The van der Waals surface area contributed by atoms with Crippen LogP contribution in [0.25, 0.3) is 21.9 Å². The Kier molecular flexibility index (Phi) is 5.35. The summed E-state index contributed by atoms with van der Waals surface area (Å²) in [5, 5.41) is 0.0514. The molecule has 154 valence electrons. The van der Waals surface area contributed by atoms with Crippen molar-refractivity contribution in [1.29, 1.82) is 0 Å². The van der Waals surface area contributed by atoms with E-state index in [-0.39, 0.29) is 21.9 Å². The van der Waals surface area contributed by atoms with Crippen molar-refractivity contribution in [2.45, 2.75) is 0 Å². The van der Waals surface area contributed by atoms with Crippen LogP contribution in [-0.2, 0) is 0 Å². The minimum atomic E-state index is -1.54. The molecule has 0 radical (unpaired) electrons. The summed E-state index contributed by atoms with van der Waals surface area (Å²) in [7, 11) is 1.42. The predicted molar refractivity (Wildman–Crippen MR) is 108 cm³/mol. The zero-order valence-corrected chi connectivity index (χ0v) is 16.1. The van der Waals surface area contributed by atoms with Gasteiger partial charge in [-0.3, -0.25) is 0 Å². The predicted octanol–water partition coefficient (Wildman–Crippen LogP) is 6.61. The Morgan fingerprint density at radius 1 is 0.677 bits per heavy atom. The van der Waals surface area contributed by atoms with Gasteiger partial charge in [-0.1, -0.05) is 24.0 Å². The van der Waals surface area contributed by atoms with Crippen LogP contribution in [0.2, 0.25) is 0 Å². The minimum Gasteiger partial charge on any atom is -0.497 e. The van der Waals surface area contributed by atoms with Crippen LogP contribution in [0.15, 0.2) is 60.7 Å². The number of benzene rings is 4. The lowest BCUT2D eigenvalue weighted by Crippen LogP contribution is -1.92. The Morgan fingerprint density at radius 3 is 2.19 bits per heavy atom. The lowest BCUT2D eigenvalue weighted by Gasteiger charge is -2.07. The van der Waals surface area contributed by atoms with Crippen LogP contribution in [-0.4, -0.2) is 7.11 Å². The van der Waals surface area contributed by atoms with Crippen LogP contribution in [0.3, 0.4) is 0 Å². The number of halogens is 5. The molecule has 1 nitrogen and oxygen atoms in total. The topological polar surface area (TPSA) is 9.23 Å². The first kappa shape index (κ1) is 20.4. The van der Waals surface area contributed by atoms with Crippen LogP contribution in [0.4, 0.5) is 22.0 Å². The zero-order chi connectivity index (χ0) is 22.1. The van der Waals surface area contributed by atoms with Crippen molar-refractivity contribution in [3.8, 4) is 28.7 Å². The monoisotopic (exact) mass is 424 g/mol. The van der Waals surface area contributed by atoms with E-state index >= 15 is 0 Å². The summed E-state index contributed by atoms with van der Waals surface area (Å²) in [5.74, 6) is 0.386. The summed E-state index contributed by atoms with van der Waals surface area (Å²) < 4.78 is 74.3. The molecule has 0 unspecified atom stereocenters. The van der Waals surface area contributed by atoms with Crippen molar-refractivity contribution >= 4 is 10.8 Å². The first-order valence-electron chi connectivity index (χ1n) is 9.10. The van der Waals surface area contributed by atoms with Gasteiger partial charge in [-0.25, -0.2) is 22.0 Å². The molecule has 6 heteroatoms. The number of hydrogen-bond acceptors (Lipinski definition) is 1. The molecule has 0 fully saturated rings. The van der Waals surface area contributed by atoms with Crippen LogP contribution >= 0.6 is 0 Å². The highest BCUT2D eigenvalue weighted by atomic mass is 19.2. The van der Waals surface area contributed by atoms with Crippen molar-refractivity contribution in [1.82, 2.24) is 0 Å². The van der Waals surface area contributed by atoms with Crippen molar-refractivity contribution < 1.29 is 26.7 Å². The number of hydrogen-bond donors (Lipinski definition) is 0. The second-order valence-electron chi connectivity index (χ2n) is 6.71. The maximum absolute atomic E-state index is 14.5. The van der Waals surface area contributed by atoms with Gasteiger partial charge in [0.05, 0.1) is 12.7 Å². The van der Waals surface area contributed by atoms with E-state index in [1.165, 1.54) is 55.6 Å². The third-order valence-corrected chi connectivity index (χ3v) is 4.77. The SMILES string of the molecule is COc1ccc(-c2ccc(C#Cc3ccc4c(F)c(F)c(F)cc4c3)c(F)c2)c(F)c1. The van der Waals surface area contributed by atoms with E-state index < -0.39 is 29.1 Å². The lowest BCUT2D eigenvalue weighted by atomic mass is 10.0. The molecule has 0 bridgehead atoms. The molecule has 0 amide bonds. The maximum Gasteiger partial charge on any atom is 0.195 e. The van der Waals surface area contributed by atoms with Gasteiger partial charge < -0.3 is 4.74 Å². The fraction of sp³-hybridized carbons (Fsp3) is 0.0400. The quantitative estimate of drug-likeness (QED) is 0.200. The number of rotatable bonds is 2. The molecule has 4 rings (SSSR count). The van der Waals surface area contributed by atoms with Gasteiger partial charge in [-0.05, 0) is 53.4 Å². The first-order valence-corrected chi connectivity index (χ1v) is 9.10. The highest BCUT2D eigenvalue weighted by molar-refractivity contribution is 5.84. The number of ether oxygens (including phenoxy) is 1. The summed E-state index contributed by atoms with van der Waals surface area (Å²) in [4.78, 5) is 0. The van der Waals surface area contributed by atoms with Crippen LogP contribution in [0, 0.1) is 40.9 Å². The Labute approximate surface area is 174 Å². The Hall–Kier alpha value is -3.85. The van der Waals surface area contributed by atoms with E-state index in [9.17, 15) is 22.0 Å². The van der Waals surface area contributed by atoms with Gasteiger partial charge in [-0.15, -0.1) is 0 Å². The van der Waals surface area contributed by atoms with E-state index in [1.54, 1.807) is 6.07 Å². The molecule has 0 aliphatic carbocycles. The van der Waals surface area contributed by atoms with Crippen LogP contribution in [0.1, 0.15) is 11.1 Å². The number of fused-ring (bicyclic) bond motifs is 1. The van der Waals surface area contributed by atoms with E-state index in [4.69, 9.17) is 4.74 Å². The second-order valence-corrected chi connectivity index (χ2v) is 6.71. The molecule has 0 saturated heterocycles. The van der Waals surface area contributed by atoms with Gasteiger partial charge in [0.25, 0.3) is 0 Å².